The number of nitrogens with zero attached hydrogens (tertiary/aromatic N) is 2. The highest BCUT2D eigenvalue weighted by Crippen LogP contribution is 2.35. The molecule has 1 aliphatic heterocycles. The SMILES string of the molecule is COc1cc(C2Nc3ncc(Br)cc3C(=O)N2CC(=O)NC(C)C)ccc1Cl. The van der Waals surface area contributed by atoms with Crippen molar-refractivity contribution in [1.82, 2.24) is 15.2 Å². The van der Waals surface area contributed by atoms with E-state index >= 15 is 0 Å². The van der Waals surface area contributed by atoms with Gasteiger partial charge in [0, 0.05) is 16.7 Å². The predicted octanol–water partition coefficient (Wildman–Crippen LogP) is 3.60. The van der Waals surface area contributed by atoms with Crippen LogP contribution in [0.1, 0.15) is 35.9 Å². The van der Waals surface area contributed by atoms with Crippen molar-refractivity contribution in [2.45, 2.75) is 26.1 Å². The van der Waals surface area contributed by atoms with Crippen LogP contribution >= 0.6 is 27.5 Å². The molecule has 2 heterocycles. The second kappa shape index (κ2) is 8.36. The zero-order chi connectivity index (χ0) is 20.4. The fraction of sp³-hybridized carbons (Fsp3) is 0.316. The Morgan fingerprint density at radius 1 is 1.43 bits per heavy atom. The number of fused-ring (bicyclic) bond motifs is 1. The highest BCUT2D eigenvalue weighted by atomic mass is 79.9. The van der Waals surface area contributed by atoms with E-state index in [1.807, 2.05) is 13.8 Å². The maximum atomic E-state index is 13.2. The monoisotopic (exact) mass is 466 g/mol. The molecule has 0 bridgehead atoms. The Balaban J connectivity index is 2.02. The van der Waals surface area contributed by atoms with Gasteiger partial charge in [0.15, 0.2) is 0 Å². The summed E-state index contributed by atoms with van der Waals surface area (Å²) in [5.74, 6) is 0.394. The largest absolute Gasteiger partial charge is 0.495 e. The van der Waals surface area contributed by atoms with Gasteiger partial charge in [-0.1, -0.05) is 17.7 Å². The van der Waals surface area contributed by atoms with Crippen LogP contribution in [0.25, 0.3) is 0 Å². The molecule has 1 atom stereocenters. The summed E-state index contributed by atoms with van der Waals surface area (Å²) in [7, 11) is 1.52. The number of hydrogen-bond donors (Lipinski definition) is 2. The number of amides is 2. The lowest BCUT2D eigenvalue weighted by atomic mass is 10.1. The van der Waals surface area contributed by atoms with E-state index in [1.165, 1.54) is 12.0 Å². The molecule has 28 heavy (non-hydrogen) atoms. The number of pyridine rings is 1. The average Bonchev–Trinajstić information content (AvgIpc) is 2.64. The molecule has 1 aromatic carbocycles. The molecule has 0 aliphatic carbocycles. The van der Waals surface area contributed by atoms with E-state index in [4.69, 9.17) is 16.3 Å². The highest BCUT2D eigenvalue weighted by Gasteiger charge is 2.35. The van der Waals surface area contributed by atoms with E-state index < -0.39 is 6.17 Å². The molecular weight excluding hydrogens is 448 g/mol. The second-order valence-corrected chi connectivity index (χ2v) is 7.97. The van der Waals surface area contributed by atoms with E-state index in [-0.39, 0.29) is 24.4 Å². The lowest BCUT2D eigenvalue weighted by Gasteiger charge is -2.37. The molecule has 2 aromatic rings. The van der Waals surface area contributed by atoms with Gasteiger partial charge >= 0.3 is 0 Å². The molecule has 0 saturated carbocycles. The Kier molecular flexibility index (Phi) is 6.10. The minimum atomic E-state index is -0.599. The van der Waals surface area contributed by atoms with Gasteiger partial charge in [-0.3, -0.25) is 9.59 Å². The molecule has 9 heteroatoms. The number of carbonyl (C=O) groups is 2. The lowest BCUT2D eigenvalue weighted by Crippen LogP contribution is -2.49. The number of nitrogens with one attached hydrogen (secondary N) is 2. The van der Waals surface area contributed by atoms with Gasteiger partial charge in [0.25, 0.3) is 5.91 Å². The van der Waals surface area contributed by atoms with E-state index in [1.54, 1.807) is 30.5 Å². The van der Waals surface area contributed by atoms with Crippen LogP contribution in [-0.4, -0.2) is 41.4 Å². The van der Waals surface area contributed by atoms with Crippen LogP contribution in [0.5, 0.6) is 5.75 Å². The Labute approximate surface area is 176 Å². The van der Waals surface area contributed by atoms with E-state index in [2.05, 4.69) is 31.5 Å². The average molecular weight is 468 g/mol. The molecule has 2 amide bonds. The number of methoxy groups -OCH3 is 1. The van der Waals surface area contributed by atoms with Crippen LogP contribution in [-0.2, 0) is 4.79 Å². The van der Waals surface area contributed by atoms with Gasteiger partial charge in [-0.2, -0.15) is 0 Å². The number of carbonyl (C=O) groups excluding carboxylic acids is 2. The van der Waals surface area contributed by atoms with E-state index in [0.29, 0.717) is 26.6 Å². The molecule has 0 spiro atoms. The van der Waals surface area contributed by atoms with E-state index in [9.17, 15) is 9.59 Å². The van der Waals surface area contributed by atoms with Crippen molar-refractivity contribution in [3.63, 3.8) is 0 Å². The minimum absolute atomic E-state index is 0.0301. The Hall–Kier alpha value is -2.32. The standard InChI is InChI=1S/C19H20BrClN4O3/c1-10(2)23-16(26)9-25-18(11-4-5-14(21)15(6-11)28-3)24-17-13(19(25)27)7-12(20)8-22-17/h4-8,10,18H,9H2,1-3H3,(H,22,24)(H,23,26). The molecule has 1 aliphatic rings. The number of halogens is 2. The van der Waals surface area contributed by atoms with Crippen molar-refractivity contribution < 1.29 is 14.3 Å². The molecule has 148 valence electrons. The predicted molar refractivity (Wildman–Crippen MR) is 111 cm³/mol. The summed E-state index contributed by atoms with van der Waals surface area (Å²) in [5, 5.41) is 6.52. The van der Waals surface area contributed by atoms with Crippen molar-refractivity contribution >= 4 is 45.2 Å². The van der Waals surface area contributed by atoms with Gasteiger partial charge in [0.05, 0.1) is 17.7 Å². The quantitative estimate of drug-likeness (QED) is 0.702. The number of benzene rings is 1. The van der Waals surface area contributed by atoms with E-state index in [0.717, 1.165) is 5.56 Å². The first-order valence-corrected chi connectivity index (χ1v) is 9.83. The molecule has 1 aromatic heterocycles. The minimum Gasteiger partial charge on any atom is -0.495 e. The van der Waals surface area contributed by atoms with Gasteiger partial charge in [0.2, 0.25) is 5.91 Å². The Morgan fingerprint density at radius 2 is 2.18 bits per heavy atom. The number of hydrogen-bond acceptors (Lipinski definition) is 5. The first kappa shape index (κ1) is 20.4. The first-order valence-electron chi connectivity index (χ1n) is 8.66. The first-order chi connectivity index (χ1) is 13.3. The van der Waals surface area contributed by atoms with Crippen molar-refractivity contribution in [2.24, 2.45) is 0 Å². The molecular formula is C19H20BrClN4O3. The summed E-state index contributed by atoms with van der Waals surface area (Å²) >= 11 is 9.47. The number of ether oxygens (including phenoxy) is 1. The van der Waals surface area contributed by atoms with Crippen molar-refractivity contribution in [3.05, 3.63) is 51.1 Å². The molecule has 1 unspecified atom stereocenters. The van der Waals surface area contributed by atoms with Crippen LogP contribution < -0.4 is 15.4 Å². The van der Waals surface area contributed by atoms with Crippen molar-refractivity contribution in [3.8, 4) is 5.75 Å². The maximum Gasteiger partial charge on any atom is 0.260 e. The van der Waals surface area contributed by atoms with Crippen LogP contribution in [0.4, 0.5) is 5.82 Å². The molecule has 3 rings (SSSR count). The maximum absolute atomic E-state index is 13.2. The molecule has 7 nitrogen and oxygen atoms in total. The molecule has 0 saturated heterocycles. The normalized spacial score (nSPS) is 15.9. The summed E-state index contributed by atoms with van der Waals surface area (Å²) in [4.78, 5) is 31.4. The van der Waals surface area contributed by atoms with Crippen molar-refractivity contribution in [2.75, 3.05) is 19.0 Å². The van der Waals surface area contributed by atoms with Gasteiger partial charge in [-0.15, -0.1) is 0 Å². The number of rotatable bonds is 5. The topological polar surface area (TPSA) is 83.6 Å². The van der Waals surface area contributed by atoms with Gasteiger partial charge in [-0.05, 0) is 53.5 Å². The van der Waals surface area contributed by atoms with Gasteiger partial charge in [0.1, 0.15) is 24.3 Å². The molecule has 0 radical (unpaired) electrons. The number of aromatic nitrogens is 1. The van der Waals surface area contributed by atoms with Crippen LogP contribution in [0.15, 0.2) is 34.9 Å². The van der Waals surface area contributed by atoms with Crippen LogP contribution in [0.3, 0.4) is 0 Å². The highest BCUT2D eigenvalue weighted by molar-refractivity contribution is 9.10. The Morgan fingerprint density at radius 3 is 2.86 bits per heavy atom. The summed E-state index contributed by atoms with van der Waals surface area (Å²) in [6.07, 6.45) is 1.01. The second-order valence-electron chi connectivity index (χ2n) is 6.65. The van der Waals surface area contributed by atoms with Crippen LogP contribution in [0.2, 0.25) is 5.02 Å². The fourth-order valence-corrected chi connectivity index (χ4v) is 3.52. The Bertz CT molecular complexity index is 922. The van der Waals surface area contributed by atoms with Gasteiger partial charge < -0.3 is 20.3 Å². The number of anilines is 1. The zero-order valence-electron chi connectivity index (χ0n) is 15.6. The van der Waals surface area contributed by atoms with Crippen LogP contribution in [0, 0.1) is 0 Å². The fourth-order valence-electron chi connectivity index (χ4n) is 2.99. The summed E-state index contributed by atoms with van der Waals surface area (Å²) in [6, 6.07) is 6.87. The summed E-state index contributed by atoms with van der Waals surface area (Å²) in [5.41, 5.74) is 1.12. The zero-order valence-corrected chi connectivity index (χ0v) is 18.0. The van der Waals surface area contributed by atoms with Crippen molar-refractivity contribution in [1.29, 1.82) is 0 Å². The summed E-state index contributed by atoms with van der Waals surface area (Å²) < 4.78 is 5.97. The lowest BCUT2D eigenvalue weighted by molar-refractivity contribution is -0.122. The molecule has 0 fully saturated rings. The van der Waals surface area contributed by atoms with Gasteiger partial charge in [-0.25, -0.2) is 4.98 Å². The summed E-state index contributed by atoms with van der Waals surface area (Å²) in [6.45, 7) is 3.63. The third-order valence-corrected chi connectivity index (χ3v) is 4.93. The smallest absolute Gasteiger partial charge is 0.260 e. The molecule has 2 N–H and O–H groups in total. The third-order valence-electron chi connectivity index (χ3n) is 4.19. The third kappa shape index (κ3) is 4.23.